The molecule has 2 unspecified atom stereocenters. The van der Waals surface area contributed by atoms with Gasteiger partial charge >= 0.3 is 0 Å². The first kappa shape index (κ1) is 16.2. The van der Waals surface area contributed by atoms with E-state index in [1.54, 1.807) is 0 Å². The third-order valence-corrected chi connectivity index (χ3v) is 5.85. The Morgan fingerprint density at radius 1 is 1.20 bits per heavy atom. The van der Waals surface area contributed by atoms with E-state index in [9.17, 15) is 13.5 Å². The van der Waals surface area contributed by atoms with Gasteiger partial charge in [-0.1, -0.05) is 19.3 Å². The summed E-state index contributed by atoms with van der Waals surface area (Å²) in [4.78, 5) is 0. The molecular formula is C13H26N2O4S. The first-order valence-electron chi connectivity index (χ1n) is 7.42. The molecule has 2 aliphatic rings. The van der Waals surface area contributed by atoms with Gasteiger partial charge in [0, 0.05) is 13.1 Å². The summed E-state index contributed by atoms with van der Waals surface area (Å²) in [5.41, 5.74) is -0.679. The van der Waals surface area contributed by atoms with Gasteiger partial charge in [0.15, 0.2) is 0 Å². The van der Waals surface area contributed by atoms with Crippen molar-refractivity contribution in [3.8, 4) is 0 Å². The topological polar surface area (TPSA) is 78.9 Å². The molecule has 20 heavy (non-hydrogen) atoms. The Hall–Kier alpha value is -0.210. The van der Waals surface area contributed by atoms with E-state index >= 15 is 0 Å². The van der Waals surface area contributed by atoms with Crippen molar-refractivity contribution < 1.29 is 18.3 Å². The van der Waals surface area contributed by atoms with Gasteiger partial charge in [-0.3, -0.25) is 0 Å². The van der Waals surface area contributed by atoms with Gasteiger partial charge in [0.25, 0.3) is 10.2 Å². The van der Waals surface area contributed by atoms with Crippen LogP contribution in [-0.4, -0.2) is 55.3 Å². The summed E-state index contributed by atoms with van der Waals surface area (Å²) in [6.07, 6.45) is 4.22. The number of nitrogens with zero attached hydrogens (tertiary/aromatic N) is 1. The molecule has 7 heteroatoms. The van der Waals surface area contributed by atoms with Crippen LogP contribution in [0.3, 0.4) is 0 Å². The minimum absolute atomic E-state index is 0.105. The van der Waals surface area contributed by atoms with Crippen LogP contribution >= 0.6 is 0 Å². The normalized spacial score (nSPS) is 32.1. The van der Waals surface area contributed by atoms with Crippen LogP contribution in [0.2, 0.25) is 0 Å². The van der Waals surface area contributed by atoms with Crippen molar-refractivity contribution >= 4 is 10.2 Å². The van der Waals surface area contributed by atoms with Crippen molar-refractivity contribution in [2.45, 2.75) is 63.7 Å². The maximum atomic E-state index is 12.6. The molecule has 0 aromatic rings. The highest BCUT2D eigenvalue weighted by Crippen LogP contribution is 2.29. The Morgan fingerprint density at radius 2 is 1.75 bits per heavy atom. The van der Waals surface area contributed by atoms with Gasteiger partial charge in [-0.15, -0.1) is 0 Å². The second-order valence-electron chi connectivity index (χ2n) is 6.18. The van der Waals surface area contributed by atoms with Crippen LogP contribution in [0.25, 0.3) is 0 Å². The maximum absolute atomic E-state index is 12.6. The highest BCUT2D eigenvalue weighted by Gasteiger charge is 2.39. The predicted octanol–water partition coefficient (Wildman–Crippen LogP) is 0.625. The quantitative estimate of drug-likeness (QED) is 0.798. The molecule has 0 amide bonds. The van der Waals surface area contributed by atoms with Crippen LogP contribution in [0.15, 0.2) is 0 Å². The van der Waals surface area contributed by atoms with Crippen LogP contribution in [0.5, 0.6) is 0 Å². The van der Waals surface area contributed by atoms with Crippen LogP contribution in [-0.2, 0) is 14.9 Å². The van der Waals surface area contributed by atoms with E-state index in [4.69, 9.17) is 4.74 Å². The number of aliphatic hydroxyl groups excluding tert-OH is 1. The van der Waals surface area contributed by atoms with Gasteiger partial charge in [0.05, 0.1) is 24.4 Å². The second-order valence-corrected chi connectivity index (χ2v) is 7.85. The van der Waals surface area contributed by atoms with Crippen molar-refractivity contribution in [2.24, 2.45) is 0 Å². The van der Waals surface area contributed by atoms with Crippen LogP contribution in [0.1, 0.15) is 46.0 Å². The van der Waals surface area contributed by atoms with E-state index in [0.717, 1.165) is 19.3 Å². The zero-order chi connectivity index (χ0) is 14.8. The first-order chi connectivity index (χ1) is 9.37. The molecule has 2 fully saturated rings. The Morgan fingerprint density at radius 3 is 2.25 bits per heavy atom. The molecule has 2 rings (SSSR count). The molecule has 2 atom stereocenters. The minimum atomic E-state index is -3.58. The molecule has 1 aliphatic carbocycles. The molecule has 1 saturated carbocycles. The number of hydrogen-bond donors (Lipinski definition) is 2. The van der Waals surface area contributed by atoms with Crippen molar-refractivity contribution in [1.82, 2.24) is 9.03 Å². The van der Waals surface area contributed by atoms with Crippen molar-refractivity contribution in [1.29, 1.82) is 0 Å². The van der Waals surface area contributed by atoms with Crippen molar-refractivity contribution in [3.63, 3.8) is 0 Å². The number of aliphatic hydroxyl groups is 1. The Bertz CT molecular complexity index is 410. The lowest BCUT2D eigenvalue weighted by Gasteiger charge is -2.40. The SMILES string of the molecule is CC1CN(S(=O)(=O)NC2(CO)CCCCC2)CC(C)O1. The minimum Gasteiger partial charge on any atom is -0.394 e. The summed E-state index contributed by atoms with van der Waals surface area (Å²) in [5.74, 6) is 0. The summed E-state index contributed by atoms with van der Waals surface area (Å²) in [6.45, 7) is 4.34. The third-order valence-electron chi connectivity index (χ3n) is 4.18. The van der Waals surface area contributed by atoms with E-state index < -0.39 is 15.7 Å². The molecule has 1 aliphatic heterocycles. The fourth-order valence-electron chi connectivity index (χ4n) is 3.19. The predicted molar refractivity (Wildman–Crippen MR) is 76.5 cm³/mol. The molecule has 2 N–H and O–H groups in total. The van der Waals surface area contributed by atoms with E-state index in [1.165, 1.54) is 4.31 Å². The lowest BCUT2D eigenvalue weighted by Crippen LogP contribution is -2.59. The molecule has 118 valence electrons. The van der Waals surface area contributed by atoms with Crippen molar-refractivity contribution in [2.75, 3.05) is 19.7 Å². The summed E-state index contributed by atoms with van der Waals surface area (Å²) in [7, 11) is -3.58. The van der Waals surface area contributed by atoms with E-state index in [1.807, 2.05) is 13.8 Å². The van der Waals surface area contributed by atoms with Crippen LogP contribution in [0.4, 0.5) is 0 Å². The molecule has 0 aromatic carbocycles. The lowest BCUT2D eigenvalue weighted by molar-refractivity contribution is -0.0448. The number of morpholine rings is 1. The second kappa shape index (κ2) is 6.27. The number of hydrogen-bond acceptors (Lipinski definition) is 4. The Labute approximate surface area is 121 Å². The van der Waals surface area contributed by atoms with Gasteiger partial charge in [-0.2, -0.15) is 17.4 Å². The molecule has 6 nitrogen and oxygen atoms in total. The van der Waals surface area contributed by atoms with Crippen molar-refractivity contribution in [3.05, 3.63) is 0 Å². The number of nitrogens with one attached hydrogen (secondary N) is 1. The van der Waals surface area contributed by atoms with Gasteiger partial charge in [0.1, 0.15) is 0 Å². The van der Waals surface area contributed by atoms with Gasteiger partial charge in [0.2, 0.25) is 0 Å². The average Bonchev–Trinajstić information content (AvgIpc) is 2.38. The molecule has 0 spiro atoms. The van der Waals surface area contributed by atoms with E-state index in [0.29, 0.717) is 25.9 Å². The first-order valence-corrected chi connectivity index (χ1v) is 8.86. The third kappa shape index (κ3) is 3.71. The van der Waals surface area contributed by atoms with Gasteiger partial charge in [-0.25, -0.2) is 0 Å². The van der Waals surface area contributed by atoms with E-state index in [-0.39, 0.29) is 18.8 Å². The average molecular weight is 306 g/mol. The standard InChI is InChI=1S/C13H26N2O4S/c1-11-8-15(9-12(2)19-11)20(17,18)14-13(10-16)6-4-3-5-7-13/h11-12,14,16H,3-10H2,1-2H3. The number of ether oxygens (including phenoxy) is 1. The zero-order valence-electron chi connectivity index (χ0n) is 12.3. The highest BCUT2D eigenvalue weighted by molar-refractivity contribution is 7.87. The Balaban J connectivity index is 2.09. The molecular weight excluding hydrogens is 280 g/mol. The summed E-state index contributed by atoms with van der Waals surface area (Å²) >= 11 is 0. The Kier molecular flexibility index (Phi) is 5.07. The largest absolute Gasteiger partial charge is 0.394 e. The van der Waals surface area contributed by atoms with Gasteiger partial charge in [-0.05, 0) is 26.7 Å². The summed E-state index contributed by atoms with van der Waals surface area (Å²) < 4.78 is 34.9. The maximum Gasteiger partial charge on any atom is 0.280 e. The highest BCUT2D eigenvalue weighted by atomic mass is 32.2. The zero-order valence-corrected chi connectivity index (χ0v) is 13.2. The van der Waals surface area contributed by atoms with Crippen LogP contribution in [0, 0.1) is 0 Å². The summed E-state index contributed by atoms with van der Waals surface area (Å²) in [5, 5.41) is 9.64. The fourth-order valence-corrected chi connectivity index (χ4v) is 4.94. The number of rotatable bonds is 4. The molecule has 0 radical (unpaired) electrons. The lowest BCUT2D eigenvalue weighted by atomic mass is 9.83. The molecule has 1 saturated heterocycles. The molecule has 0 bridgehead atoms. The monoisotopic (exact) mass is 306 g/mol. The van der Waals surface area contributed by atoms with Gasteiger partial charge < -0.3 is 9.84 Å². The smallest absolute Gasteiger partial charge is 0.280 e. The molecule has 1 heterocycles. The van der Waals surface area contributed by atoms with Crippen LogP contribution < -0.4 is 4.72 Å². The van der Waals surface area contributed by atoms with E-state index in [2.05, 4.69) is 4.72 Å². The fraction of sp³-hybridized carbons (Fsp3) is 1.00. The summed E-state index contributed by atoms with van der Waals surface area (Å²) in [6, 6.07) is 0. The molecule has 0 aromatic heterocycles.